The number of carboxylic acids is 1. The van der Waals surface area contributed by atoms with Gasteiger partial charge in [-0.2, -0.15) is 0 Å². The largest absolute Gasteiger partial charge is 0.480 e. The first-order chi connectivity index (χ1) is 6.56. The van der Waals surface area contributed by atoms with E-state index in [-0.39, 0.29) is 11.8 Å². The van der Waals surface area contributed by atoms with E-state index >= 15 is 0 Å². The van der Waals surface area contributed by atoms with E-state index in [1.54, 1.807) is 6.92 Å². The summed E-state index contributed by atoms with van der Waals surface area (Å²) in [5.74, 6) is -1.25. The fourth-order valence-electron chi connectivity index (χ4n) is 1.30. The second-order valence-corrected chi connectivity index (χ2v) is 3.71. The summed E-state index contributed by atoms with van der Waals surface area (Å²) >= 11 is 0. The predicted octanol–water partition coefficient (Wildman–Crippen LogP) is -0.406. The Morgan fingerprint density at radius 3 is 2.43 bits per heavy atom. The van der Waals surface area contributed by atoms with Crippen molar-refractivity contribution in [1.29, 1.82) is 0 Å². The molecule has 2 atom stereocenters. The van der Waals surface area contributed by atoms with Crippen molar-refractivity contribution in [2.75, 3.05) is 6.61 Å². The lowest BCUT2D eigenvalue weighted by Gasteiger charge is -2.15. The number of aliphatic hydroxyl groups excluding tert-OH is 1. The molecule has 0 saturated heterocycles. The second-order valence-electron chi connectivity index (χ2n) is 3.71. The molecule has 0 aromatic carbocycles. The molecule has 5 nitrogen and oxygen atoms in total. The van der Waals surface area contributed by atoms with Crippen molar-refractivity contribution < 1.29 is 19.8 Å². The maximum Gasteiger partial charge on any atom is 0.328 e. The molecule has 1 aliphatic rings. The highest BCUT2D eigenvalue weighted by molar-refractivity contribution is 5.85. The van der Waals surface area contributed by atoms with Crippen LogP contribution < -0.4 is 5.32 Å². The van der Waals surface area contributed by atoms with Gasteiger partial charge in [0.05, 0.1) is 6.61 Å². The molecule has 0 radical (unpaired) electrons. The van der Waals surface area contributed by atoms with E-state index in [1.807, 2.05) is 0 Å². The van der Waals surface area contributed by atoms with Gasteiger partial charge in [-0.15, -0.1) is 0 Å². The summed E-state index contributed by atoms with van der Waals surface area (Å²) in [6, 6.07) is -1.18. The van der Waals surface area contributed by atoms with Crippen molar-refractivity contribution in [1.82, 2.24) is 5.32 Å². The Morgan fingerprint density at radius 2 is 2.07 bits per heavy atom. The first-order valence-corrected chi connectivity index (χ1v) is 4.70. The maximum atomic E-state index is 11.4. The summed E-state index contributed by atoms with van der Waals surface area (Å²) in [4.78, 5) is 21.9. The molecule has 14 heavy (non-hydrogen) atoms. The highest BCUT2D eigenvalue weighted by Gasteiger charge is 2.34. The number of carbonyl (C=O) groups excluding carboxylic acids is 1. The zero-order valence-corrected chi connectivity index (χ0v) is 8.06. The molecule has 1 fully saturated rings. The number of hydrogen-bond donors (Lipinski definition) is 3. The van der Waals surface area contributed by atoms with Crippen LogP contribution in [0.3, 0.4) is 0 Å². The van der Waals surface area contributed by atoms with Crippen molar-refractivity contribution in [3.8, 4) is 0 Å². The fraction of sp³-hybridized carbons (Fsp3) is 0.778. The number of aliphatic hydroxyl groups is 1. The third kappa shape index (κ3) is 2.70. The first kappa shape index (κ1) is 11.0. The van der Waals surface area contributed by atoms with Crippen molar-refractivity contribution in [3.63, 3.8) is 0 Å². The van der Waals surface area contributed by atoms with Crippen LogP contribution >= 0.6 is 0 Å². The average molecular weight is 201 g/mol. The van der Waals surface area contributed by atoms with Crippen LogP contribution in [-0.4, -0.2) is 34.7 Å². The lowest BCUT2D eigenvalue weighted by atomic mass is 10.1. The zero-order valence-electron chi connectivity index (χ0n) is 8.06. The number of rotatable bonds is 5. The minimum atomic E-state index is -1.20. The topological polar surface area (TPSA) is 86.6 Å². The number of carboxylic acid groups (broad SMARTS) is 1. The van der Waals surface area contributed by atoms with Crippen molar-refractivity contribution in [2.45, 2.75) is 25.8 Å². The van der Waals surface area contributed by atoms with E-state index in [4.69, 9.17) is 10.2 Å². The van der Waals surface area contributed by atoms with E-state index in [9.17, 15) is 9.59 Å². The summed E-state index contributed by atoms with van der Waals surface area (Å²) in [5.41, 5.74) is 0. The summed E-state index contributed by atoms with van der Waals surface area (Å²) < 4.78 is 0. The monoisotopic (exact) mass is 201 g/mol. The maximum absolute atomic E-state index is 11.4. The van der Waals surface area contributed by atoms with Crippen LogP contribution in [0.25, 0.3) is 0 Å². The SMILES string of the molecule is CC(C(=O)N[C@H](CO)C(=O)O)C1CC1. The summed E-state index contributed by atoms with van der Waals surface area (Å²) in [6.45, 7) is 1.21. The minimum absolute atomic E-state index is 0.150. The number of amides is 1. The molecule has 5 heteroatoms. The smallest absolute Gasteiger partial charge is 0.328 e. The first-order valence-electron chi connectivity index (χ1n) is 4.70. The normalized spacial score (nSPS) is 19.9. The molecule has 3 N–H and O–H groups in total. The molecule has 0 spiro atoms. The molecule has 1 aliphatic carbocycles. The molecule has 1 unspecified atom stereocenters. The molecular formula is C9H15NO4. The van der Waals surface area contributed by atoms with Crippen LogP contribution in [0.4, 0.5) is 0 Å². The fourth-order valence-corrected chi connectivity index (χ4v) is 1.30. The van der Waals surface area contributed by atoms with E-state index in [0.29, 0.717) is 5.92 Å². The molecule has 1 rings (SSSR count). The third-order valence-corrected chi connectivity index (χ3v) is 2.54. The highest BCUT2D eigenvalue weighted by Crippen LogP contribution is 2.36. The van der Waals surface area contributed by atoms with E-state index < -0.39 is 18.6 Å². The molecule has 1 saturated carbocycles. The lowest BCUT2D eigenvalue weighted by Crippen LogP contribution is -2.45. The van der Waals surface area contributed by atoms with Crippen molar-refractivity contribution in [3.05, 3.63) is 0 Å². The number of hydrogen-bond acceptors (Lipinski definition) is 3. The van der Waals surface area contributed by atoms with E-state index in [0.717, 1.165) is 12.8 Å². The zero-order chi connectivity index (χ0) is 10.7. The molecule has 80 valence electrons. The Balaban J connectivity index is 2.40. The van der Waals surface area contributed by atoms with Crippen molar-refractivity contribution >= 4 is 11.9 Å². The average Bonchev–Trinajstić information content (AvgIpc) is 2.95. The summed E-state index contributed by atoms with van der Waals surface area (Å²) in [7, 11) is 0. The third-order valence-electron chi connectivity index (χ3n) is 2.54. The van der Waals surface area contributed by atoms with Crippen LogP contribution in [0.5, 0.6) is 0 Å². The van der Waals surface area contributed by atoms with Crippen LogP contribution in [0.2, 0.25) is 0 Å². The van der Waals surface area contributed by atoms with Gasteiger partial charge in [-0.3, -0.25) is 4.79 Å². The molecule has 0 bridgehead atoms. The molecule has 0 aliphatic heterocycles. The van der Waals surface area contributed by atoms with Crippen LogP contribution in [-0.2, 0) is 9.59 Å². The van der Waals surface area contributed by atoms with Gasteiger partial charge in [-0.05, 0) is 18.8 Å². The Morgan fingerprint density at radius 1 is 1.50 bits per heavy atom. The van der Waals surface area contributed by atoms with E-state index in [2.05, 4.69) is 5.32 Å². The highest BCUT2D eigenvalue weighted by atomic mass is 16.4. The summed E-state index contributed by atoms with van der Waals surface area (Å²) in [5, 5.41) is 19.6. The number of aliphatic carboxylic acids is 1. The lowest BCUT2D eigenvalue weighted by molar-refractivity contribution is -0.143. The summed E-state index contributed by atoms with van der Waals surface area (Å²) in [6.07, 6.45) is 2.07. The predicted molar refractivity (Wildman–Crippen MR) is 48.5 cm³/mol. The van der Waals surface area contributed by atoms with Crippen molar-refractivity contribution in [2.24, 2.45) is 11.8 Å². The minimum Gasteiger partial charge on any atom is -0.480 e. The van der Waals surface area contributed by atoms with Gasteiger partial charge >= 0.3 is 5.97 Å². The van der Waals surface area contributed by atoms with E-state index in [1.165, 1.54) is 0 Å². The Labute approximate surface area is 82.1 Å². The van der Waals surface area contributed by atoms with Crippen LogP contribution in [0, 0.1) is 11.8 Å². The quantitative estimate of drug-likeness (QED) is 0.564. The Bertz CT molecular complexity index is 237. The van der Waals surface area contributed by atoms with Gasteiger partial charge < -0.3 is 15.5 Å². The van der Waals surface area contributed by atoms with Gasteiger partial charge in [0.25, 0.3) is 0 Å². The molecule has 0 heterocycles. The Kier molecular flexibility index (Phi) is 3.46. The van der Waals surface area contributed by atoms with Gasteiger partial charge in [-0.25, -0.2) is 4.79 Å². The van der Waals surface area contributed by atoms with Gasteiger partial charge in [0.2, 0.25) is 5.91 Å². The van der Waals surface area contributed by atoms with Gasteiger partial charge in [-0.1, -0.05) is 6.92 Å². The molecule has 0 aromatic heterocycles. The van der Waals surface area contributed by atoms with Crippen LogP contribution in [0.1, 0.15) is 19.8 Å². The van der Waals surface area contributed by atoms with Gasteiger partial charge in [0.15, 0.2) is 0 Å². The number of carbonyl (C=O) groups is 2. The van der Waals surface area contributed by atoms with Gasteiger partial charge in [0, 0.05) is 5.92 Å². The molecule has 1 amide bonds. The standard InChI is InChI=1S/C9H15NO4/c1-5(6-2-3-6)8(12)10-7(4-11)9(13)14/h5-7,11H,2-4H2,1H3,(H,10,12)(H,13,14)/t5?,7-/m1/s1. The number of nitrogens with one attached hydrogen (secondary N) is 1. The van der Waals surface area contributed by atoms with Crippen LogP contribution in [0.15, 0.2) is 0 Å². The molecule has 0 aromatic rings. The van der Waals surface area contributed by atoms with Gasteiger partial charge in [0.1, 0.15) is 6.04 Å². The Hall–Kier alpha value is -1.10. The second kappa shape index (κ2) is 4.41. The molecular weight excluding hydrogens is 186 g/mol.